The average Bonchev–Trinajstić information content (AvgIpc) is 3.00. The van der Waals surface area contributed by atoms with Crippen LogP contribution in [0, 0.1) is 26.7 Å². The smallest absolute Gasteiger partial charge is 0.416 e. The first-order chi connectivity index (χ1) is 14.6. The molecule has 0 spiro atoms. The van der Waals surface area contributed by atoms with E-state index in [2.05, 4.69) is 20.2 Å². The fourth-order valence-electron chi connectivity index (χ4n) is 3.93. The summed E-state index contributed by atoms with van der Waals surface area (Å²) in [5, 5.41) is 3.52. The molecule has 0 unspecified atom stereocenters. The molecule has 1 N–H and O–H groups in total. The molecule has 1 aromatic carbocycles. The topological polar surface area (TPSA) is 71.3 Å². The molecule has 0 radical (unpaired) electrons. The van der Waals surface area contributed by atoms with Gasteiger partial charge >= 0.3 is 6.18 Å². The summed E-state index contributed by atoms with van der Waals surface area (Å²) in [5.41, 5.74) is 0.922. The second kappa shape index (κ2) is 7.86. The van der Waals surface area contributed by atoms with Gasteiger partial charge in [0, 0.05) is 30.3 Å². The summed E-state index contributed by atoms with van der Waals surface area (Å²) >= 11 is 0. The number of hydrogen-bond acceptors (Lipinski definition) is 5. The molecule has 3 heterocycles. The number of carbonyl (C=O) groups is 1. The van der Waals surface area contributed by atoms with Gasteiger partial charge in [0.25, 0.3) is 0 Å². The minimum atomic E-state index is -4.45. The van der Waals surface area contributed by atoms with Crippen LogP contribution in [-0.4, -0.2) is 29.0 Å². The summed E-state index contributed by atoms with van der Waals surface area (Å²) in [7, 11) is 0. The van der Waals surface area contributed by atoms with Crippen LogP contribution in [0.5, 0.6) is 0 Å². The Morgan fingerprint density at radius 1 is 1.16 bits per heavy atom. The molecule has 0 aliphatic carbocycles. The molecule has 0 bridgehead atoms. The minimum absolute atomic E-state index is 0.153. The van der Waals surface area contributed by atoms with E-state index in [-0.39, 0.29) is 17.5 Å². The zero-order valence-corrected chi connectivity index (χ0v) is 17.5. The summed E-state index contributed by atoms with van der Waals surface area (Å²) < 4.78 is 44.4. The second-order valence-electron chi connectivity index (χ2n) is 7.89. The number of anilines is 2. The maximum absolute atomic E-state index is 12.9. The lowest BCUT2D eigenvalue weighted by Crippen LogP contribution is -2.38. The number of nitrogens with zero attached hydrogens (tertiary/aromatic N) is 3. The number of nitrogens with one attached hydrogen (secondary N) is 1. The van der Waals surface area contributed by atoms with Crippen LogP contribution in [0.3, 0.4) is 0 Å². The Hall–Kier alpha value is -3.10. The number of carbonyl (C=O) groups excluding carboxylic acids is 1. The molecule has 1 saturated heterocycles. The number of aryl methyl sites for hydroxylation is 3. The number of fused-ring (bicyclic) bond motifs is 1. The van der Waals surface area contributed by atoms with Crippen molar-refractivity contribution in [2.45, 2.75) is 39.8 Å². The zero-order valence-electron chi connectivity index (χ0n) is 17.5. The van der Waals surface area contributed by atoms with Crippen LogP contribution in [-0.2, 0) is 11.0 Å². The maximum atomic E-state index is 12.9. The molecule has 1 fully saturated rings. The Labute approximate surface area is 177 Å². The van der Waals surface area contributed by atoms with Crippen molar-refractivity contribution in [2.24, 2.45) is 5.92 Å². The molecular formula is C22H23F3N4O2. The highest BCUT2D eigenvalue weighted by Gasteiger charge is 2.31. The average molecular weight is 432 g/mol. The van der Waals surface area contributed by atoms with Crippen LogP contribution in [0.1, 0.15) is 35.6 Å². The van der Waals surface area contributed by atoms with Gasteiger partial charge in [0.15, 0.2) is 0 Å². The van der Waals surface area contributed by atoms with Crippen LogP contribution in [0.4, 0.5) is 24.7 Å². The van der Waals surface area contributed by atoms with Gasteiger partial charge in [-0.3, -0.25) is 4.79 Å². The third-order valence-electron chi connectivity index (χ3n) is 5.74. The highest BCUT2D eigenvalue weighted by Crippen LogP contribution is 2.34. The maximum Gasteiger partial charge on any atom is 0.416 e. The highest BCUT2D eigenvalue weighted by molar-refractivity contribution is 5.93. The summed E-state index contributed by atoms with van der Waals surface area (Å²) in [6.45, 7) is 6.89. The van der Waals surface area contributed by atoms with Crippen molar-refractivity contribution >= 4 is 28.5 Å². The van der Waals surface area contributed by atoms with Gasteiger partial charge < -0.3 is 14.6 Å². The zero-order chi connectivity index (χ0) is 22.3. The number of furan rings is 1. The quantitative estimate of drug-likeness (QED) is 0.629. The standard InChI is InChI=1S/C22H23F3N4O2/c1-12-13(2)31-21-18(12)19(26-14(3)27-21)29-9-7-15(8-10-29)20(30)28-17-6-4-5-16(11-17)22(23,24)25/h4-6,11,15H,7-10H2,1-3H3,(H,28,30). The molecular weight excluding hydrogens is 409 g/mol. The van der Waals surface area contributed by atoms with Crippen LogP contribution >= 0.6 is 0 Å². The van der Waals surface area contributed by atoms with Gasteiger partial charge in [-0.1, -0.05) is 6.07 Å². The number of hydrogen-bond donors (Lipinski definition) is 1. The molecule has 1 aliphatic rings. The van der Waals surface area contributed by atoms with Gasteiger partial charge in [0.2, 0.25) is 11.6 Å². The van der Waals surface area contributed by atoms with E-state index in [1.807, 2.05) is 20.8 Å². The molecule has 6 nitrogen and oxygen atoms in total. The number of alkyl halides is 3. The fourth-order valence-corrected chi connectivity index (χ4v) is 3.93. The molecule has 2 aromatic heterocycles. The van der Waals surface area contributed by atoms with Gasteiger partial charge in [-0.2, -0.15) is 18.2 Å². The van der Waals surface area contributed by atoms with E-state index < -0.39 is 11.7 Å². The Morgan fingerprint density at radius 3 is 2.55 bits per heavy atom. The van der Waals surface area contributed by atoms with Crippen molar-refractivity contribution in [2.75, 3.05) is 23.3 Å². The highest BCUT2D eigenvalue weighted by atomic mass is 19.4. The first kappa shape index (κ1) is 21.1. The predicted octanol–water partition coefficient (Wildman–Crippen LogP) is 5.02. The molecule has 0 saturated carbocycles. The molecule has 9 heteroatoms. The van der Waals surface area contributed by atoms with Crippen LogP contribution < -0.4 is 10.2 Å². The van der Waals surface area contributed by atoms with E-state index in [4.69, 9.17) is 4.42 Å². The van der Waals surface area contributed by atoms with Crippen LogP contribution in [0.25, 0.3) is 11.1 Å². The van der Waals surface area contributed by atoms with Crippen molar-refractivity contribution in [1.29, 1.82) is 0 Å². The van der Waals surface area contributed by atoms with Crippen LogP contribution in [0.15, 0.2) is 28.7 Å². The number of benzene rings is 1. The molecule has 164 valence electrons. The van der Waals surface area contributed by atoms with E-state index in [1.165, 1.54) is 12.1 Å². The number of piperidine rings is 1. The summed E-state index contributed by atoms with van der Waals surface area (Å²) in [4.78, 5) is 23.8. The SMILES string of the molecule is Cc1nc(N2CCC(C(=O)Nc3cccc(C(F)(F)F)c3)CC2)c2c(C)c(C)oc2n1. The molecule has 1 amide bonds. The fraction of sp³-hybridized carbons (Fsp3) is 0.409. The van der Waals surface area contributed by atoms with Crippen molar-refractivity contribution in [3.8, 4) is 0 Å². The second-order valence-corrected chi connectivity index (χ2v) is 7.89. The summed E-state index contributed by atoms with van der Waals surface area (Å²) in [6.07, 6.45) is -3.30. The Balaban J connectivity index is 1.46. The summed E-state index contributed by atoms with van der Waals surface area (Å²) in [5.74, 6) is 1.66. The normalized spacial score (nSPS) is 15.5. The van der Waals surface area contributed by atoms with Gasteiger partial charge in [-0.05, 0) is 51.8 Å². The molecule has 4 rings (SSSR count). The lowest BCUT2D eigenvalue weighted by Gasteiger charge is -2.32. The molecule has 1 aliphatic heterocycles. The van der Waals surface area contributed by atoms with Crippen molar-refractivity contribution in [3.05, 3.63) is 47.0 Å². The van der Waals surface area contributed by atoms with Gasteiger partial charge in [-0.25, -0.2) is 4.98 Å². The van der Waals surface area contributed by atoms with Crippen molar-refractivity contribution < 1.29 is 22.4 Å². The minimum Gasteiger partial charge on any atom is -0.443 e. The lowest BCUT2D eigenvalue weighted by atomic mass is 9.95. The van der Waals surface area contributed by atoms with Gasteiger partial charge in [0.05, 0.1) is 10.9 Å². The Morgan fingerprint density at radius 2 is 1.87 bits per heavy atom. The van der Waals surface area contributed by atoms with E-state index in [0.717, 1.165) is 34.7 Å². The van der Waals surface area contributed by atoms with Gasteiger partial charge in [-0.15, -0.1) is 0 Å². The van der Waals surface area contributed by atoms with Crippen molar-refractivity contribution in [3.63, 3.8) is 0 Å². The molecule has 3 aromatic rings. The molecule has 31 heavy (non-hydrogen) atoms. The largest absolute Gasteiger partial charge is 0.443 e. The summed E-state index contributed by atoms with van der Waals surface area (Å²) in [6, 6.07) is 4.70. The third-order valence-corrected chi connectivity index (χ3v) is 5.74. The number of halogens is 3. The monoisotopic (exact) mass is 432 g/mol. The van der Waals surface area contributed by atoms with Crippen molar-refractivity contribution in [1.82, 2.24) is 9.97 Å². The first-order valence-corrected chi connectivity index (χ1v) is 10.1. The Kier molecular flexibility index (Phi) is 5.36. The number of amides is 1. The Bertz CT molecular complexity index is 1130. The molecule has 0 atom stereocenters. The number of aromatic nitrogens is 2. The lowest BCUT2D eigenvalue weighted by molar-refractivity contribution is -0.137. The van der Waals surface area contributed by atoms with Gasteiger partial charge in [0.1, 0.15) is 17.4 Å². The van der Waals surface area contributed by atoms with E-state index >= 15 is 0 Å². The van der Waals surface area contributed by atoms with E-state index in [0.29, 0.717) is 37.5 Å². The third kappa shape index (κ3) is 4.22. The van der Waals surface area contributed by atoms with E-state index in [1.54, 1.807) is 0 Å². The van der Waals surface area contributed by atoms with E-state index in [9.17, 15) is 18.0 Å². The number of rotatable bonds is 3. The van der Waals surface area contributed by atoms with Crippen LogP contribution in [0.2, 0.25) is 0 Å². The predicted molar refractivity (Wildman–Crippen MR) is 111 cm³/mol. The first-order valence-electron chi connectivity index (χ1n) is 10.1.